The number of rotatable bonds is 4. The highest BCUT2D eigenvalue weighted by molar-refractivity contribution is 7.09. The molecule has 1 N–H and O–H groups in total. The van der Waals surface area contributed by atoms with Crippen LogP contribution < -0.4 is 5.32 Å². The summed E-state index contributed by atoms with van der Waals surface area (Å²) in [7, 11) is 0. The van der Waals surface area contributed by atoms with E-state index in [0.29, 0.717) is 6.54 Å². The van der Waals surface area contributed by atoms with Crippen molar-refractivity contribution in [2.24, 2.45) is 0 Å². The highest BCUT2D eigenvalue weighted by atomic mass is 32.1. The molecule has 2 nitrogen and oxygen atoms in total. The van der Waals surface area contributed by atoms with Crippen LogP contribution in [0.15, 0.2) is 11.6 Å². The quantitative estimate of drug-likeness (QED) is 0.752. The van der Waals surface area contributed by atoms with E-state index >= 15 is 0 Å². The predicted octanol–water partition coefficient (Wildman–Crippen LogP) is 1.76. The number of alkyl halides is 1. The Labute approximate surface area is 69.5 Å². The Balaban J connectivity index is 2.36. The van der Waals surface area contributed by atoms with E-state index in [-0.39, 0.29) is 12.7 Å². The summed E-state index contributed by atoms with van der Waals surface area (Å²) in [5.74, 6) is 0. The van der Waals surface area contributed by atoms with Gasteiger partial charge >= 0.3 is 0 Å². The first kappa shape index (κ1) is 8.62. The molecule has 0 saturated carbocycles. The third-order valence-corrected chi connectivity index (χ3v) is 2.33. The maximum atomic E-state index is 11.7. The minimum Gasteiger partial charge on any atom is -0.306 e. The zero-order valence-corrected chi connectivity index (χ0v) is 7.20. The molecule has 0 aliphatic rings. The number of hydrogen-bond acceptors (Lipinski definition) is 3. The van der Waals surface area contributed by atoms with Crippen LogP contribution in [0.4, 0.5) is 4.39 Å². The number of thiazole rings is 1. The van der Waals surface area contributed by atoms with Crippen LogP contribution in [-0.4, -0.2) is 18.2 Å². The standard InChI is InChI=1S/C7H11FN2S/c1-6(9-3-2-8)7-10-4-5-11-7/h4-6,9H,2-3H2,1H3. The zero-order valence-electron chi connectivity index (χ0n) is 6.38. The average molecular weight is 174 g/mol. The lowest BCUT2D eigenvalue weighted by Crippen LogP contribution is -2.20. The molecular weight excluding hydrogens is 163 g/mol. The van der Waals surface area contributed by atoms with Crippen molar-refractivity contribution in [1.82, 2.24) is 10.3 Å². The summed E-state index contributed by atoms with van der Waals surface area (Å²) < 4.78 is 11.7. The van der Waals surface area contributed by atoms with Crippen molar-refractivity contribution in [1.29, 1.82) is 0 Å². The van der Waals surface area contributed by atoms with Gasteiger partial charge in [0.15, 0.2) is 0 Å². The Morgan fingerprint density at radius 1 is 1.82 bits per heavy atom. The Morgan fingerprint density at radius 3 is 3.18 bits per heavy atom. The Hall–Kier alpha value is -0.480. The molecular formula is C7H11FN2S. The average Bonchev–Trinajstić information content (AvgIpc) is 2.52. The SMILES string of the molecule is CC(NCCF)c1nccs1. The lowest BCUT2D eigenvalue weighted by molar-refractivity contribution is 0.444. The number of halogens is 1. The Bertz CT molecular complexity index is 188. The van der Waals surface area contributed by atoms with Crippen LogP contribution in [0, 0.1) is 0 Å². The van der Waals surface area contributed by atoms with Crippen molar-refractivity contribution in [2.45, 2.75) is 13.0 Å². The van der Waals surface area contributed by atoms with Crippen molar-refractivity contribution < 1.29 is 4.39 Å². The first-order chi connectivity index (χ1) is 5.34. The monoisotopic (exact) mass is 174 g/mol. The minimum absolute atomic E-state index is 0.172. The molecule has 0 bridgehead atoms. The van der Waals surface area contributed by atoms with Gasteiger partial charge in [-0.15, -0.1) is 11.3 Å². The molecule has 1 aromatic heterocycles. The fraction of sp³-hybridized carbons (Fsp3) is 0.571. The molecule has 11 heavy (non-hydrogen) atoms. The summed E-state index contributed by atoms with van der Waals surface area (Å²) in [6.07, 6.45) is 1.76. The van der Waals surface area contributed by atoms with Crippen LogP contribution in [0.3, 0.4) is 0 Å². The van der Waals surface area contributed by atoms with Crippen LogP contribution in [-0.2, 0) is 0 Å². The fourth-order valence-corrected chi connectivity index (χ4v) is 1.48. The summed E-state index contributed by atoms with van der Waals surface area (Å²) in [4.78, 5) is 4.10. The smallest absolute Gasteiger partial charge is 0.109 e. The third-order valence-electron chi connectivity index (χ3n) is 1.37. The molecule has 0 aliphatic heterocycles. The number of nitrogens with zero attached hydrogens (tertiary/aromatic N) is 1. The molecule has 1 atom stereocenters. The van der Waals surface area contributed by atoms with Gasteiger partial charge in [-0.25, -0.2) is 9.37 Å². The molecule has 0 amide bonds. The molecule has 1 aromatic rings. The van der Waals surface area contributed by atoms with E-state index in [2.05, 4.69) is 10.3 Å². The van der Waals surface area contributed by atoms with Crippen LogP contribution in [0.1, 0.15) is 18.0 Å². The van der Waals surface area contributed by atoms with E-state index in [1.165, 1.54) is 0 Å². The van der Waals surface area contributed by atoms with Crippen molar-refractivity contribution >= 4 is 11.3 Å². The molecule has 0 aromatic carbocycles. The van der Waals surface area contributed by atoms with Gasteiger partial charge in [-0.1, -0.05) is 0 Å². The van der Waals surface area contributed by atoms with Gasteiger partial charge in [0.2, 0.25) is 0 Å². The van der Waals surface area contributed by atoms with Gasteiger partial charge in [0.25, 0.3) is 0 Å². The topological polar surface area (TPSA) is 24.9 Å². The first-order valence-electron chi connectivity index (χ1n) is 3.53. The molecule has 0 aliphatic carbocycles. The van der Waals surface area contributed by atoms with Gasteiger partial charge in [0, 0.05) is 18.1 Å². The van der Waals surface area contributed by atoms with E-state index in [1.54, 1.807) is 17.5 Å². The van der Waals surface area contributed by atoms with Gasteiger partial charge in [-0.2, -0.15) is 0 Å². The van der Waals surface area contributed by atoms with Crippen LogP contribution in [0.5, 0.6) is 0 Å². The second-order valence-electron chi connectivity index (χ2n) is 2.24. The highest BCUT2D eigenvalue weighted by Gasteiger charge is 2.05. The Kier molecular flexibility index (Phi) is 3.45. The third kappa shape index (κ3) is 2.55. The molecule has 1 rings (SSSR count). The fourth-order valence-electron chi connectivity index (χ4n) is 0.807. The van der Waals surface area contributed by atoms with E-state index in [0.717, 1.165) is 5.01 Å². The second kappa shape index (κ2) is 4.41. The molecule has 1 heterocycles. The second-order valence-corrected chi connectivity index (χ2v) is 3.16. The maximum Gasteiger partial charge on any atom is 0.109 e. The molecule has 0 saturated heterocycles. The lowest BCUT2D eigenvalue weighted by atomic mass is 10.3. The highest BCUT2D eigenvalue weighted by Crippen LogP contribution is 2.13. The van der Waals surface area contributed by atoms with Crippen molar-refractivity contribution in [3.63, 3.8) is 0 Å². The summed E-state index contributed by atoms with van der Waals surface area (Å²) in [5.41, 5.74) is 0. The van der Waals surface area contributed by atoms with Crippen LogP contribution >= 0.6 is 11.3 Å². The molecule has 0 radical (unpaired) electrons. The Morgan fingerprint density at radius 2 is 2.64 bits per heavy atom. The van der Waals surface area contributed by atoms with Crippen LogP contribution in [0.2, 0.25) is 0 Å². The molecule has 0 spiro atoms. The zero-order chi connectivity index (χ0) is 8.10. The van der Waals surface area contributed by atoms with Crippen molar-refractivity contribution in [3.8, 4) is 0 Å². The summed E-state index contributed by atoms with van der Waals surface area (Å²) >= 11 is 1.59. The molecule has 0 fully saturated rings. The van der Waals surface area contributed by atoms with E-state index in [1.807, 2.05) is 12.3 Å². The van der Waals surface area contributed by atoms with Crippen LogP contribution in [0.25, 0.3) is 0 Å². The predicted molar refractivity (Wildman–Crippen MR) is 44.5 cm³/mol. The lowest BCUT2D eigenvalue weighted by Gasteiger charge is -2.07. The maximum absolute atomic E-state index is 11.7. The van der Waals surface area contributed by atoms with E-state index in [4.69, 9.17) is 0 Å². The largest absolute Gasteiger partial charge is 0.306 e. The van der Waals surface area contributed by atoms with Gasteiger partial charge in [0.05, 0.1) is 6.04 Å². The van der Waals surface area contributed by atoms with Gasteiger partial charge in [-0.3, -0.25) is 0 Å². The molecule has 4 heteroatoms. The first-order valence-corrected chi connectivity index (χ1v) is 4.41. The minimum atomic E-state index is -0.324. The van der Waals surface area contributed by atoms with Crippen molar-refractivity contribution in [3.05, 3.63) is 16.6 Å². The van der Waals surface area contributed by atoms with Gasteiger partial charge in [0.1, 0.15) is 11.7 Å². The molecule has 62 valence electrons. The van der Waals surface area contributed by atoms with Gasteiger partial charge < -0.3 is 5.32 Å². The van der Waals surface area contributed by atoms with E-state index < -0.39 is 0 Å². The molecule has 1 unspecified atom stereocenters. The van der Waals surface area contributed by atoms with Crippen molar-refractivity contribution in [2.75, 3.05) is 13.2 Å². The number of aromatic nitrogens is 1. The van der Waals surface area contributed by atoms with Gasteiger partial charge in [-0.05, 0) is 6.92 Å². The summed E-state index contributed by atoms with van der Waals surface area (Å²) in [5, 5.41) is 5.94. The normalized spacial score (nSPS) is 13.3. The number of hydrogen-bond donors (Lipinski definition) is 1. The van der Waals surface area contributed by atoms with E-state index in [9.17, 15) is 4.39 Å². The number of nitrogens with one attached hydrogen (secondary N) is 1. The summed E-state index contributed by atoms with van der Waals surface area (Å²) in [6.45, 7) is 2.06. The summed E-state index contributed by atoms with van der Waals surface area (Å²) in [6, 6.07) is 0.172.